The lowest BCUT2D eigenvalue weighted by molar-refractivity contribution is -0.205. The van der Waals surface area contributed by atoms with E-state index < -0.39 is 60.5 Å². The largest absolute Gasteiger partial charge is 0.490 e. The number of nitrogens with one attached hydrogen (secondary N) is 4. The van der Waals surface area contributed by atoms with Crippen molar-refractivity contribution in [3.63, 3.8) is 0 Å². The Kier molecular flexibility index (Phi) is 10.4. The molecule has 0 fully saturated rings. The Hall–Kier alpha value is -4.63. The van der Waals surface area contributed by atoms with Crippen LogP contribution in [-0.2, 0) is 28.7 Å². The zero-order valence-electron chi connectivity index (χ0n) is 18.5. The molecule has 0 saturated carbocycles. The summed E-state index contributed by atoms with van der Waals surface area (Å²) in [5.74, 6) is -8.74. The van der Waals surface area contributed by atoms with Crippen LogP contribution < -0.4 is 21.7 Å². The number of carbonyl (C=O) groups excluding carboxylic acids is 3. The van der Waals surface area contributed by atoms with Gasteiger partial charge in [0.05, 0.1) is 6.42 Å². The average Bonchev–Trinajstić information content (AvgIpc) is 2.74. The third kappa shape index (κ3) is 10.1. The van der Waals surface area contributed by atoms with Crippen molar-refractivity contribution >= 4 is 47.4 Å². The predicted octanol–water partition coefficient (Wildman–Crippen LogP) is 0.0281. The van der Waals surface area contributed by atoms with Crippen LogP contribution in [0.25, 0.3) is 6.08 Å². The molecule has 0 aromatic heterocycles. The molecular weight excluding hydrogens is 495 g/mol. The van der Waals surface area contributed by atoms with Gasteiger partial charge in [0.2, 0.25) is 11.8 Å². The number of ether oxygens (including phenoxy) is 1. The van der Waals surface area contributed by atoms with E-state index in [2.05, 4.69) is 10.1 Å². The number of rotatable bonds is 11. The van der Waals surface area contributed by atoms with Gasteiger partial charge in [-0.25, -0.2) is 9.59 Å². The summed E-state index contributed by atoms with van der Waals surface area (Å²) >= 11 is 0. The number of carbonyl (C=O) groups is 5. The monoisotopic (exact) mass is 517 g/mol. The summed E-state index contributed by atoms with van der Waals surface area (Å²) < 4.78 is 41.1. The van der Waals surface area contributed by atoms with Crippen LogP contribution in [0.2, 0.25) is 0 Å². The zero-order chi connectivity index (χ0) is 27.6. The molecule has 0 aliphatic carbocycles. The maximum absolute atomic E-state index is 12.4. The van der Waals surface area contributed by atoms with E-state index in [0.717, 1.165) is 13.0 Å². The van der Waals surface area contributed by atoms with Crippen LogP contribution in [0.5, 0.6) is 0 Å². The van der Waals surface area contributed by atoms with Crippen molar-refractivity contribution in [2.24, 2.45) is 5.73 Å². The van der Waals surface area contributed by atoms with Gasteiger partial charge in [-0.2, -0.15) is 13.2 Å². The third-order valence-corrected chi connectivity index (χ3v) is 4.19. The molecule has 1 aromatic carbocycles. The highest BCUT2D eigenvalue weighted by molar-refractivity contribution is 5.97. The lowest BCUT2D eigenvalue weighted by atomic mass is 10.1. The second-order valence-corrected chi connectivity index (χ2v) is 7.09. The molecule has 0 aliphatic heterocycles. The maximum Gasteiger partial charge on any atom is 0.490 e. The summed E-state index contributed by atoms with van der Waals surface area (Å²) in [6.07, 6.45) is -6.18. The molecule has 8 N–H and O–H groups in total. The predicted molar refractivity (Wildman–Crippen MR) is 116 cm³/mol. The number of benzene rings is 1. The Bertz CT molecular complexity index is 1040. The quantitative estimate of drug-likeness (QED) is 0.0903. The number of carboxylic acids is 2. The number of hydrogen-bond acceptors (Lipinski definition) is 7. The lowest BCUT2D eigenvalue weighted by Crippen LogP contribution is -2.56. The van der Waals surface area contributed by atoms with Gasteiger partial charge in [0.25, 0.3) is 0 Å². The molecule has 16 heteroatoms. The Labute approximate surface area is 201 Å². The van der Waals surface area contributed by atoms with Crippen LogP contribution >= 0.6 is 0 Å². The molecule has 2 amide bonds. The minimum atomic E-state index is -5.42. The first-order chi connectivity index (χ1) is 16.6. The molecular formula is C20H22F3N5O8. The first kappa shape index (κ1) is 29.4. The van der Waals surface area contributed by atoms with Gasteiger partial charge in [-0.05, 0) is 30.7 Å². The van der Waals surface area contributed by atoms with Crippen molar-refractivity contribution in [3.8, 4) is 0 Å². The molecule has 0 heterocycles. The molecule has 1 rings (SSSR count). The number of amides is 2. The standard InChI is InChI=1S/C20H22F3N5O8/c1-9(36-18(35)20(21,22)23)15(17(33)34)28-16(32)12(8-14(30)31)27-13(29)7-4-10-2-5-11(6-3-10)26-19(24)25/h2-7,9,12,15H,8H2,1H3,(H,27,29)(H,28,32)(H,30,31)(H,33,34)(H4,24,25,26)/t9-,12+,15+/m1/s1. The second-order valence-electron chi connectivity index (χ2n) is 7.09. The molecule has 0 bridgehead atoms. The van der Waals surface area contributed by atoms with E-state index in [-0.39, 0.29) is 5.96 Å². The summed E-state index contributed by atoms with van der Waals surface area (Å²) in [5.41, 5.74) is 6.18. The van der Waals surface area contributed by atoms with E-state index in [1.165, 1.54) is 18.2 Å². The number of carboxylic acid groups (broad SMARTS) is 2. The van der Waals surface area contributed by atoms with Gasteiger partial charge in [0.15, 0.2) is 12.0 Å². The van der Waals surface area contributed by atoms with Crippen molar-refractivity contribution < 1.29 is 52.1 Å². The molecule has 0 aliphatic rings. The Morgan fingerprint density at radius 2 is 1.69 bits per heavy atom. The van der Waals surface area contributed by atoms with E-state index in [1.54, 1.807) is 17.4 Å². The second kappa shape index (κ2) is 12.7. The van der Waals surface area contributed by atoms with E-state index in [0.29, 0.717) is 11.3 Å². The SMILES string of the molecule is C[C@@H](OC(=O)C(F)(F)F)[C@H](NC(=O)[C@H](CC(=O)O)NC(=O)C=Cc1ccc(NC(=N)N)cc1)C(=O)O. The first-order valence-electron chi connectivity index (χ1n) is 9.82. The first-order valence-corrected chi connectivity index (χ1v) is 9.82. The minimum absolute atomic E-state index is 0.293. The summed E-state index contributed by atoms with van der Waals surface area (Å²) in [5, 5.41) is 31.7. The number of guanidine groups is 1. The van der Waals surface area contributed by atoms with Crippen LogP contribution in [0.3, 0.4) is 0 Å². The van der Waals surface area contributed by atoms with Crippen LogP contribution in [0.1, 0.15) is 18.9 Å². The molecule has 13 nitrogen and oxygen atoms in total. The fraction of sp³-hybridized carbons (Fsp3) is 0.300. The highest BCUT2D eigenvalue weighted by atomic mass is 19.4. The van der Waals surface area contributed by atoms with Crippen LogP contribution in [0.15, 0.2) is 30.3 Å². The van der Waals surface area contributed by atoms with E-state index in [1.807, 2.05) is 5.32 Å². The Morgan fingerprint density at radius 3 is 2.17 bits per heavy atom. The number of nitrogens with two attached hydrogens (primary N) is 1. The van der Waals surface area contributed by atoms with E-state index in [9.17, 15) is 42.3 Å². The molecule has 1 aromatic rings. The number of alkyl halides is 3. The minimum Gasteiger partial charge on any atom is -0.481 e. The fourth-order valence-corrected chi connectivity index (χ4v) is 2.55. The van der Waals surface area contributed by atoms with Gasteiger partial charge in [0, 0.05) is 11.8 Å². The molecule has 0 unspecified atom stereocenters. The molecule has 196 valence electrons. The van der Waals surface area contributed by atoms with Crippen molar-refractivity contribution in [3.05, 3.63) is 35.9 Å². The van der Waals surface area contributed by atoms with Gasteiger partial charge >= 0.3 is 24.1 Å². The lowest BCUT2D eigenvalue weighted by Gasteiger charge is -2.24. The highest BCUT2D eigenvalue weighted by Gasteiger charge is 2.44. The summed E-state index contributed by atoms with van der Waals surface area (Å²) in [6, 6.07) is 2.15. The van der Waals surface area contributed by atoms with E-state index in [4.69, 9.17) is 16.2 Å². The van der Waals surface area contributed by atoms with Crippen molar-refractivity contribution in [2.75, 3.05) is 5.32 Å². The summed E-state index contributed by atoms with van der Waals surface area (Å²) in [4.78, 5) is 58.1. The molecule has 36 heavy (non-hydrogen) atoms. The zero-order valence-corrected chi connectivity index (χ0v) is 18.5. The van der Waals surface area contributed by atoms with Crippen LogP contribution in [-0.4, -0.2) is 70.3 Å². The fourth-order valence-electron chi connectivity index (χ4n) is 2.55. The Morgan fingerprint density at radius 1 is 1.11 bits per heavy atom. The van der Waals surface area contributed by atoms with Gasteiger partial charge in [-0.3, -0.25) is 19.8 Å². The highest BCUT2D eigenvalue weighted by Crippen LogP contribution is 2.18. The van der Waals surface area contributed by atoms with Crippen LogP contribution in [0, 0.1) is 5.41 Å². The smallest absolute Gasteiger partial charge is 0.481 e. The van der Waals surface area contributed by atoms with Crippen LogP contribution in [0.4, 0.5) is 18.9 Å². The van der Waals surface area contributed by atoms with Crippen molar-refractivity contribution in [1.29, 1.82) is 5.41 Å². The topological polar surface area (TPSA) is 221 Å². The van der Waals surface area contributed by atoms with Gasteiger partial charge < -0.3 is 36.6 Å². The van der Waals surface area contributed by atoms with Gasteiger partial charge in [-0.1, -0.05) is 12.1 Å². The maximum atomic E-state index is 12.4. The number of aliphatic carboxylic acids is 2. The third-order valence-electron chi connectivity index (χ3n) is 4.19. The Balaban J connectivity index is 2.91. The van der Waals surface area contributed by atoms with Crippen molar-refractivity contribution in [2.45, 2.75) is 37.7 Å². The molecule has 0 radical (unpaired) electrons. The average molecular weight is 517 g/mol. The molecule has 0 spiro atoms. The number of esters is 1. The molecule has 3 atom stereocenters. The number of anilines is 1. The van der Waals surface area contributed by atoms with E-state index >= 15 is 0 Å². The summed E-state index contributed by atoms with van der Waals surface area (Å²) in [6.45, 7) is 0.771. The number of hydrogen-bond donors (Lipinski definition) is 7. The normalized spacial score (nSPS) is 13.7. The van der Waals surface area contributed by atoms with Gasteiger partial charge in [0.1, 0.15) is 12.1 Å². The molecule has 0 saturated heterocycles. The van der Waals surface area contributed by atoms with Gasteiger partial charge in [-0.15, -0.1) is 0 Å². The summed E-state index contributed by atoms with van der Waals surface area (Å²) in [7, 11) is 0. The number of halogens is 3. The van der Waals surface area contributed by atoms with Crippen molar-refractivity contribution in [1.82, 2.24) is 10.6 Å².